The minimum Gasteiger partial charge on any atom is -0.465 e. The highest BCUT2D eigenvalue weighted by atomic mass is 16.5. The van der Waals surface area contributed by atoms with Crippen LogP contribution in [0, 0.1) is 13.8 Å². The minimum absolute atomic E-state index is 0.277. The standard InChI is InChI=1S/C21H20N4O3/c1-13-4-9-18(14(2)10-13)25-19(26)16-11-22-21(23-12-16)24-17-7-5-15(6-8-17)20(27)28-3/h4-12H,1-3H3,(H,25,26)(H,22,23,24). The Morgan fingerprint density at radius 3 is 2.21 bits per heavy atom. The van der Waals surface area contributed by atoms with Gasteiger partial charge in [-0.3, -0.25) is 4.79 Å². The van der Waals surface area contributed by atoms with Gasteiger partial charge in [0.25, 0.3) is 5.91 Å². The Morgan fingerprint density at radius 1 is 0.929 bits per heavy atom. The number of benzene rings is 2. The number of nitrogens with one attached hydrogen (secondary N) is 2. The predicted molar refractivity (Wildman–Crippen MR) is 107 cm³/mol. The van der Waals surface area contributed by atoms with Gasteiger partial charge >= 0.3 is 5.97 Å². The number of esters is 1. The molecule has 2 aromatic carbocycles. The molecular weight excluding hydrogens is 356 g/mol. The molecular formula is C21H20N4O3. The Morgan fingerprint density at radius 2 is 1.61 bits per heavy atom. The van der Waals surface area contributed by atoms with Gasteiger partial charge in [0.1, 0.15) is 0 Å². The fourth-order valence-electron chi connectivity index (χ4n) is 2.59. The summed E-state index contributed by atoms with van der Waals surface area (Å²) in [6.45, 7) is 3.94. The molecule has 0 aliphatic rings. The normalized spacial score (nSPS) is 10.2. The lowest BCUT2D eigenvalue weighted by molar-refractivity contribution is 0.0600. The van der Waals surface area contributed by atoms with E-state index in [4.69, 9.17) is 0 Å². The number of anilines is 3. The Hall–Kier alpha value is -3.74. The number of hydrogen-bond acceptors (Lipinski definition) is 6. The van der Waals surface area contributed by atoms with Crippen LogP contribution in [0.5, 0.6) is 0 Å². The van der Waals surface area contributed by atoms with Crippen molar-refractivity contribution in [3.05, 3.63) is 77.1 Å². The van der Waals surface area contributed by atoms with Crippen LogP contribution in [0.3, 0.4) is 0 Å². The van der Waals surface area contributed by atoms with Crippen LogP contribution in [-0.4, -0.2) is 29.0 Å². The van der Waals surface area contributed by atoms with Crippen molar-refractivity contribution in [3.8, 4) is 0 Å². The molecule has 1 heterocycles. The molecule has 3 aromatic rings. The van der Waals surface area contributed by atoms with Gasteiger partial charge in [0.2, 0.25) is 5.95 Å². The molecule has 1 amide bonds. The molecule has 0 aliphatic heterocycles. The molecule has 0 aliphatic carbocycles. The monoisotopic (exact) mass is 376 g/mol. The maximum Gasteiger partial charge on any atom is 0.337 e. The first kappa shape index (κ1) is 19.0. The second-order valence-corrected chi connectivity index (χ2v) is 6.26. The summed E-state index contributed by atoms with van der Waals surface area (Å²) in [4.78, 5) is 32.2. The predicted octanol–water partition coefficient (Wildman–Crippen LogP) is 3.88. The van der Waals surface area contributed by atoms with Crippen LogP contribution >= 0.6 is 0 Å². The van der Waals surface area contributed by atoms with Crippen molar-refractivity contribution in [1.29, 1.82) is 0 Å². The van der Waals surface area contributed by atoms with E-state index in [1.54, 1.807) is 24.3 Å². The van der Waals surface area contributed by atoms with Gasteiger partial charge in [0, 0.05) is 23.8 Å². The number of methoxy groups -OCH3 is 1. The van der Waals surface area contributed by atoms with Gasteiger partial charge in [-0.25, -0.2) is 14.8 Å². The summed E-state index contributed by atoms with van der Waals surface area (Å²) in [5.74, 6) is -0.336. The van der Waals surface area contributed by atoms with E-state index in [9.17, 15) is 9.59 Å². The molecule has 7 heteroatoms. The number of aromatic nitrogens is 2. The summed E-state index contributed by atoms with van der Waals surface area (Å²) in [5.41, 5.74) is 4.39. The van der Waals surface area contributed by atoms with E-state index in [1.807, 2.05) is 32.0 Å². The molecule has 0 bridgehead atoms. The van der Waals surface area contributed by atoms with Crippen molar-refractivity contribution >= 4 is 29.2 Å². The second kappa shape index (κ2) is 8.30. The summed E-state index contributed by atoms with van der Waals surface area (Å²) in [6.07, 6.45) is 2.91. The highest BCUT2D eigenvalue weighted by Crippen LogP contribution is 2.18. The zero-order chi connectivity index (χ0) is 20.1. The zero-order valence-electron chi connectivity index (χ0n) is 15.8. The number of rotatable bonds is 5. The molecule has 1 aromatic heterocycles. The molecule has 28 heavy (non-hydrogen) atoms. The van der Waals surface area contributed by atoms with Crippen LogP contribution in [0.4, 0.5) is 17.3 Å². The Kier molecular flexibility index (Phi) is 5.64. The smallest absolute Gasteiger partial charge is 0.337 e. The molecule has 0 atom stereocenters. The number of hydrogen-bond donors (Lipinski definition) is 2. The van der Waals surface area contributed by atoms with E-state index in [-0.39, 0.29) is 5.91 Å². The molecule has 0 saturated carbocycles. The topological polar surface area (TPSA) is 93.2 Å². The van der Waals surface area contributed by atoms with Crippen molar-refractivity contribution in [2.45, 2.75) is 13.8 Å². The van der Waals surface area contributed by atoms with Crippen LogP contribution in [0.25, 0.3) is 0 Å². The van der Waals surface area contributed by atoms with Crippen LogP contribution < -0.4 is 10.6 Å². The van der Waals surface area contributed by atoms with Gasteiger partial charge in [-0.15, -0.1) is 0 Å². The van der Waals surface area contributed by atoms with Crippen molar-refractivity contribution in [2.75, 3.05) is 17.7 Å². The number of carbonyl (C=O) groups is 2. The number of amides is 1. The van der Waals surface area contributed by atoms with Crippen LogP contribution in [-0.2, 0) is 4.74 Å². The fraction of sp³-hybridized carbons (Fsp3) is 0.143. The molecule has 0 saturated heterocycles. The number of ether oxygens (including phenoxy) is 1. The lowest BCUT2D eigenvalue weighted by Crippen LogP contribution is -2.14. The first-order chi connectivity index (χ1) is 13.5. The van der Waals surface area contributed by atoms with Gasteiger partial charge in [0.15, 0.2) is 0 Å². The third-order valence-corrected chi connectivity index (χ3v) is 4.11. The quantitative estimate of drug-likeness (QED) is 0.657. The van der Waals surface area contributed by atoms with E-state index in [0.717, 1.165) is 16.8 Å². The van der Waals surface area contributed by atoms with Gasteiger partial charge in [-0.05, 0) is 49.7 Å². The molecule has 3 rings (SSSR count). The van der Waals surface area contributed by atoms with Crippen molar-refractivity contribution in [3.63, 3.8) is 0 Å². The lowest BCUT2D eigenvalue weighted by atomic mass is 10.1. The Labute approximate surface area is 162 Å². The second-order valence-electron chi connectivity index (χ2n) is 6.26. The van der Waals surface area contributed by atoms with Gasteiger partial charge in [0.05, 0.1) is 18.2 Å². The minimum atomic E-state index is -0.401. The Bertz CT molecular complexity index is 999. The van der Waals surface area contributed by atoms with Gasteiger partial charge < -0.3 is 15.4 Å². The van der Waals surface area contributed by atoms with E-state index < -0.39 is 5.97 Å². The van der Waals surface area contributed by atoms with Crippen LogP contribution in [0.15, 0.2) is 54.9 Å². The molecule has 0 spiro atoms. The average molecular weight is 376 g/mol. The van der Waals surface area contributed by atoms with Crippen molar-refractivity contribution < 1.29 is 14.3 Å². The molecule has 0 radical (unpaired) electrons. The number of nitrogens with zero attached hydrogens (tertiary/aromatic N) is 2. The third-order valence-electron chi connectivity index (χ3n) is 4.11. The first-order valence-electron chi connectivity index (χ1n) is 8.62. The molecule has 0 unspecified atom stereocenters. The maximum absolute atomic E-state index is 12.4. The third kappa shape index (κ3) is 4.50. The summed E-state index contributed by atoms with van der Waals surface area (Å²) in [5, 5.41) is 5.88. The van der Waals surface area contributed by atoms with Gasteiger partial charge in [-0.2, -0.15) is 0 Å². The highest BCUT2D eigenvalue weighted by Gasteiger charge is 2.10. The largest absolute Gasteiger partial charge is 0.465 e. The van der Waals surface area contributed by atoms with Crippen molar-refractivity contribution in [1.82, 2.24) is 9.97 Å². The summed E-state index contributed by atoms with van der Waals surface area (Å²) < 4.78 is 4.66. The average Bonchev–Trinajstić information content (AvgIpc) is 2.70. The summed E-state index contributed by atoms with van der Waals surface area (Å²) in [6, 6.07) is 12.5. The highest BCUT2D eigenvalue weighted by molar-refractivity contribution is 6.04. The van der Waals surface area contributed by atoms with Crippen LogP contribution in [0.1, 0.15) is 31.8 Å². The van der Waals surface area contributed by atoms with E-state index >= 15 is 0 Å². The fourth-order valence-corrected chi connectivity index (χ4v) is 2.59. The first-order valence-corrected chi connectivity index (χ1v) is 8.62. The van der Waals surface area contributed by atoms with Crippen LogP contribution in [0.2, 0.25) is 0 Å². The van der Waals surface area contributed by atoms with E-state index in [1.165, 1.54) is 19.5 Å². The Balaban J connectivity index is 1.65. The van der Waals surface area contributed by atoms with E-state index in [0.29, 0.717) is 22.8 Å². The molecule has 142 valence electrons. The van der Waals surface area contributed by atoms with Gasteiger partial charge in [-0.1, -0.05) is 17.7 Å². The molecule has 7 nitrogen and oxygen atoms in total. The zero-order valence-corrected chi connectivity index (χ0v) is 15.8. The van der Waals surface area contributed by atoms with Crippen molar-refractivity contribution in [2.24, 2.45) is 0 Å². The molecule has 2 N–H and O–H groups in total. The maximum atomic E-state index is 12.4. The van der Waals surface area contributed by atoms with E-state index in [2.05, 4.69) is 25.3 Å². The summed E-state index contributed by atoms with van der Waals surface area (Å²) >= 11 is 0. The molecule has 0 fully saturated rings. The SMILES string of the molecule is COC(=O)c1ccc(Nc2ncc(C(=O)Nc3ccc(C)cc3C)cn2)cc1. The lowest BCUT2D eigenvalue weighted by Gasteiger charge is -2.09. The number of carbonyl (C=O) groups excluding carboxylic acids is 2. The number of aryl methyl sites for hydroxylation is 2. The summed E-state index contributed by atoms with van der Waals surface area (Å²) in [7, 11) is 1.33.